The van der Waals surface area contributed by atoms with E-state index in [9.17, 15) is 0 Å². The Bertz CT molecular complexity index is 625. The highest BCUT2D eigenvalue weighted by atomic mass is 15.3. The Morgan fingerprint density at radius 1 is 1.24 bits per heavy atom. The van der Waals surface area contributed by atoms with Gasteiger partial charge in [0.1, 0.15) is 0 Å². The summed E-state index contributed by atoms with van der Waals surface area (Å²) in [5.41, 5.74) is 11.7. The zero-order valence-electron chi connectivity index (χ0n) is 13.1. The van der Waals surface area contributed by atoms with E-state index >= 15 is 0 Å². The van der Waals surface area contributed by atoms with Crippen molar-refractivity contribution in [3.05, 3.63) is 52.8 Å². The third-order valence-electron chi connectivity index (χ3n) is 4.59. The molecule has 21 heavy (non-hydrogen) atoms. The number of hydrogen-bond donors (Lipinski definition) is 1. The van der Waals surface area contributed by atoms with Gasteiger partial charge in [-0.05, 0) is 68.2 Å². The summed E-state index contributed by atoms with van der Waals surface area (Å²) >= 11 is 0. The maximum absolute atomic E-state index is 6.62. The average molecular weight is 283 g/mol. The van der Waals surface area contributed by atoms with Crippen LogP contribution in [0.25, 0.3) is 0 Å². The minimum Gasteiger partial charge on any atom is -0.321 e. The van der Waals surface area contributed by atoms with Crippen LogP contribution in [0.1, 0.15) is 48.9 Å². The minimum atomic E-state index is -0.339. The predicted octanol–water partition coefficient (Wildman–Crippen LogP) is 3.20. The van der Waals surface area contributed by atoms with Crippen LogP contribution in [0.5, 0.6) is 0 Å². The van der Waals surface area contributed by atoms with Crippen molar-refractivity contribution in [2.24, 2.45) is 5.73 Å². The van der Waals surface area contributed by atoms with Crippen LogP contribution in [0, 0.1) is 0 Å². The molecule has 2 aromatic rings. The molecule has 0 amide bonds. The Morgan fingerprint density at radius 3 is 2.71 bits per heavy atom. The van der Waals surface area contributed by atoms with Crippen molar-refractivity contribution in [1.82, 2.24) is 9.78 Å². The highest BCUT2D eigenvalue weighted by molar-refractivity contribution is 5.37. The fourth-order valence-corrected chi connectivity index (χ4v) is 3.29. The summed E-state index contributed by atoms with van der Waals surface area (Å²) in [6, 6.07) is 6.83. The van der Waals surface area contributed by atoms with E-state index in [1.54, 1.807) is 0 Å². The summed E-state index contributed by atoms with van der Waals surface area (Å²) in [4.78, 5) is 0. The largest absolute Gasteiger partial charge is 0.321 e. The molecule has 1 aliphatic rings. The van der Waals surface area contributed by atoms with E-state index in [1.165, 1.54) is 47.9 Å². The molecule has 1 heterocycles. The van der Waals surface area contributed by atoms with Gasteiger partial charge in [0.25, 0.3) is 0 Å². The Balaban J connectivity index is 1.83. The van der Waals surface area contributed by atoms with Crippen LogP contribution in [-0.2, 0) is 31.3 Å². The van der Waals surface area contributed by atoms with Crippen molar-refractivity contribution in [3.8, 4) is 0 Å². The number of benzene rings is 1. The molecule has 0 bridgehead atoms. The molecule has 1 aliphatic carbocycles. The monoisotopic (exact) mass is 283 g/mol. The zero-order chi connectivity index (χ0) is 14.9. The summed E-state index contributed by atoms with van der Waals surface area (Å²) in [7, 11) is 0. The Kier molecular flexibility index (Phi) is 3.85. The van der Waals surface area contributed by atoms with Crippen molar-refractivity contribution in [2.45, 2.75) is 58.0 Å². The van der Waals surface area contributed by atoms with Crippen LogP contribution in [-0.4, -0.2) is 9.78 Å². The third kappa shape index (κ3) is 3.03. The second-order valence-electron chi connectivity index (χ2n) is 6.49. The second kappa shape index (κ2) is 5.64. The van der Waals surface area contributed by atoms with Gasteiger partial charge in [0.15, 0.2) is 0 Å². The lowest BCUT2D eigenvalue weighted by Gasteiger charge is -2.27. The Labute approximate surface area is 127 Å². The molecule has 0 saturated heterocycles. The van der Waals surface area contributed by atoms with Gasteiger partial charge in [0.2, 0.25) is 0 Å². The molecule has 0 aliphatic heterocycles. The summed E-state index contributed by atoms with van der Waals surface area (Å²) in [6.07, 6.45) is 9.92. The first-order valence-electron chi connectivity index (χ1n) is 8.01. The average Bonchev–Trinajstić information content (AvgIpc) is 2.93. The van der Waals surface area contributed by atoms with E-state index in [0.717, 1.165) is 13.0 Å². The molecule has 1 aromatic heterocycles. The zero-order valence-corrected chi connectivity index (χ0v) is 13.1. The fourth-order valence-electron chi connectivity index (χ4n) is 3.29. The van der Waals surface area contributed by atoms with Crippen molar-refractivity contribution < 1.29 is 0 Å². The highest BCUT2D eigenvalue weighted by Crippen LogP contribution is 2.28. The van der Waals surface area contributed by atoms with Gasteiger partial charge >= 0.3 is 0 Å². The summed E-state index contributed by atoms with van der Waals surface area (Å²) < 4.78 is 1.96. The summed E-state index contributed by atoms with van der Waals surface area (Å²) in [5.74, 6) is 0. The van der Waals surface area contributed by atoms with Crippen molar-refractivity contribution in [2.75, 3.05) is 0 Å². The van der Waals surface area contributed by atoms with Crippen LogP contribution >= 0.6 is 0 Å². The molecule has 0 spiro atoms. The first-order valence-corrected chi connectivity index (χ1v) is 8.01. The van der Waals surface area contributed by atoms with Crippen LogP contribution in [0.3, 0.4) is 0 Å². The molecule has 3 rings (SSSR count). The van der Waals surface area contributed by atoms with E-state index in [1.807, 2.05) is 10.9 Å². The predicted molar refractivity (Wildman–Crippen MR) is 86.2 cm³/mol. The lowest BCUT2D eigenvalue weighted by atomic mass is 9.83. The lowest BCUT2D eigenvalue weighted by Crippen LogP contribution is -2.35. The third-order valence-corrected chi connectivity index (χ3v) is 4.59. The molecule has 1 atom stereocenters. The van der Waals surface area contributed by atoms with Gasteiger partial charge in [-0.2, -0.15) is 5.10 Å². The molecular formula is C18H25N3. The molecular weight excluding hydrogens is 258 g/mol. The number of aromatic nitrogens is 2. The first kappa shape index (κ1) is 14.3. The highest BCUT2D eigenvalue weighted by Gasteiger charge is 2.24. The number of fused-ring (bicyclic) bond motifs is 1. The maximum Gasteiger partial charge on any atom is 0.0522 e. The van der Waals surface area contributed by atoms with Gasteiger partial charge in [0, 0.05) is 18.3 Å². The Morgan fingerprint density at radius 2 is 2.00 bits per heavy atom. The molecule has 0 saturated carbocycles. The molecule has 0 fully saturated rings. The standard InChI is InChI=1S/C18H25N3/c1-3-21-13-14(12-20-21)11-18(2,19)17-9-8-15-6-4-5-7-16(15)10-17/h8-10,12-13H,3-7,11,19H2,1-2H3. The van der Waals surface area contributed by atoms with Gasteiger partial charge in [-0.1, -0.05) is 18.2 Å². The molecule has 1 aromatic carbocycles. The minimum absolute atomic E-state index is 0.339. The topological polar surface area (TPSA) is 43.8 Å². The van der Waals surface area contributed by atoms with Crippen molar-refractivity contribution in [3.63, 3.8) is 0 Å². The summed E-state index contributed by atoms with van der Waals surface area (Å²) in [5, 5.41) is 4.34. The number of rotatable bonds is 4. The number of aryl methyl sites for hydroxylation is 3. The molecule has 112 valence electrons. The molecule has 2 N–H and O–H groups in total. The number of nitrogens with zero attached hydrogens (tertiary/aromatic N) is 2. The van der Waals surface area contributed by atoms with Crippen LogP contribution in [0.2, 0.25) is 0 Å². The van der Waals surface area contributed by atoms with Crippen molar-refractivity contribution >= 4 is 0 Å². The second-order valence-corrected chi connectivity index (χ2v) is 6.49. The van der Waals surface area contributed by atoms with E-state index in [2.05, 4.69) is 43.3 Å². The van der Waals surface area contributed by atoms with Crippen LogP contribution in [0.4, 0.5) is 0 Å². The molecule has 1 unspecified atom stereocenters. The quantitative estimate of drug-likeness (QED) is 0.936. The first-order chi connectivity index (χ1) is 10.1. The van der Waals surface area contributed by atoms with E-state index in [0.29, 0.717) is 0 Å². The van der Waals surface area contributed by atoms with Crippen LogP contribution < -0.4 is 5.73 Å². The van der Waals surface area contributed by atoms with Gasteiger partial charge in [-0.15, -0.1) is 0 Å². The lowest BCUT2D eigenvalue weighted by molar-refractivity contribution is 0.489. The molecule has 3 heteroatoms. The molecule has 0 radical (unpaired) electrons. The van der Waals surface area contributed by atoms with Gasteiger partial charge < -0.3 is 5.73 Å². The Hall–Kier alpha value is -1.61. The van der Waals surface area contributed by atoms with E-state index < -0.39 is 0 Å². The SMILES string of the molecule is CCn1cc(CC(C)(N)c2ccc3c(c2)CCCC3)cn1. The van der Waals surface area contributed by atoms with Gasteiger partial charge in [-0.3, -0.25) is 4.68 Å². The maximum atomic E-state index is 6.62. The van der Waals surface area contributed by atoms with Gasteiger partial charge in [0.05, 0.1) is 6.20 Å². The molecule has 3 nitrogen and oxygen atoms in total. The fraction of sp³-hybridized carbons (Fsp3) is 0.500. The number of nitrogens with two attached hydrogens (primary N) is 1. The van der Waals surface area contributed by atoms with E-state index in [-0.39, 0.29) is 5.54 Å². The smallest absolute Gasteiger partial charge is 0.0522 e. The summed E-state index contributed by atoms with van der Waals surface area (Å²) in [6.45, 7) is 5.13. The van der Waals surface area contributed by atoms with Crippen molar-refractivity contribution in [1.29, 1.82) is 0 Å². The van der Waals surface area contributed by atoms with Gasteiger partial charge in [-0.25, -0.2) is 0 Å². The van der Waals surface area contributed by atoms with E-state index in [4.69, 9.17) is 5.73 Å². The normalized spacial score (nSPS) is 17.3. The van der Waals surface area contributed by atoms with Crippen LogP contribution in [0.15, 0.2) is 30.6 Å². The number of hydrogen-bond acceptors (Lipinski definition) is 2.